The quantitative estimate of drug-likeness (QED) is 0.384. The molecule has 5 heteroatoms. The van der Waals surface area contributed by atoms with Gasteiger partial charge in [-0.25, -0.2) is 0 Å². The first kappa shape index (κ1) is 14.2. The molecule has 0 aliphatic carbocycles. The lowest BCUT2D eigenvalue weighted by Crippen LogP contribution is -2.24. The predicted molar refractivity (Wildman–Crippen MR) is 61.0 cm³/mol. The molecule has 0 atom stereocenters. The van der Waals surface area contributed by atoms with Gasteiger partial charge in [0, 0.05) is 19.5 Å². The molecule has 0 saturated carbocycles. The third-order valence-electron chi connectivity index (χ3n) is 1.95. The van der Waals surface area contributed by atoms with Gasteiger partial charge in [0.25, 0.3) is 0 Å². The Balaban J connectivity index is 3.20. The molecular weight excluding hydrogens is 216 g/mol. The Labute approximate surface area is 95.7 Å². The van der Waals surface area contributed by atoms with E-state index in [-0.39, 0.29) is 5.91 Å². The zero-order valence-electron chi connectivity index (χ0n) is 9.14. The fourth-order valence-corrected chi connectivity index (χ4v) is 1.18. The normalized spacial score (nSPS) is 9.73. The Bertz CT molecular complexity index is 198. The molecule has 0 saturated heterocycles. The molecule has 88 valence electrons. The van der Waals surface area contributed by atoms with Crippen molar-refractivity contribution in [3.63, 3.8) is 0 Å². The molecule has 0 aromatic heterocycles. The third-order valence-corrected chi connectivity index (χ3v) is 2.08. The summed E-state index contributed by atoms with van der Waals surface area (Å²) in [4.78, 5) is 21.5. The van der Waals surface area contributed by atoms with E-state index < -0.39 is 5.37 Å². The summed E-state index contributed by atoms with van der Waals surface area (Å²) in [5.74, 6) is 0.0839. The van der Waals surface area contributed by atoms with E-state index >= 15 is 0 Å². The number of unbranched alkanes of at least 4 members (excludes halogenated alkanes) is 2. The summed E-state index contributed by atoms with van der Waals surface area (Å²) < 4.78 is 0. The molecule has 15 heavy (non-hydrogen) atoms. The number of hydrogen-bond donors (Lipinski definition) is 2. The van der Waals surface area contributed by atoms with Crippen molar-refractivity contribution in [2.24, 2.45) is 0 Å². The van der Waals surface area contributed by atoms with Gasteiger partial charge in [0.2, 0.25) is 5.91 Å². The molecule has 0 aliphatic heterocycles. The van der Waals surface area contributed by atoms with Crippen molar-refractivity contribution in [3.05, 3.63) is 0 Å². The average Bonchev–Trinajstić information content (AvgIpc) is 2.17. The molecule has 4 nitrogen and oxygen atoms in total. The fourth-order valence-electron chi connectivity index (χ4n) is 1.09. The van der Waals surface area contributed by atoms with Crippen molar-refractivity contribution < 1.29 is 9.59 Å². The Morgan fingerprint density at radius 3 is 2.33 bits per heavy atom. The van der Waals surface area contributed by atoms with Crippen LogP contribution in [0.4, 0.5) is 4.79 Å². The fraction of sp³-hybridized carbons (Fsp3) is 0.800. The van der Waals surface area contributed by atoms with Crippen LogP contribution in [0.15, 0.2) is 0 Å². The smallest absolute Gasteiger partial charge is 0.313 e. The maximum absolute atomic E-state index is 11.2. The number of carbonyl (C=O) groups excluding carboxylic acids is 2. The number of hydrogen-bond acceptors (Lipinski definition) is 2. The molecule has 0 spiro atoms. The van der Waals surface area contributed by atoms with Crippen molar-refractivity contribution in [3.8, 4) is 0 Å². The predicted octanol–water partition coefficient (Wildman–Crippen LogP) is 2.02. The summed E-state index contributed by atoms with van der Waals surface area (Å²) >= 11 is 5.07. The summed E-state index contributed by atoms with van der Waals surface area (Å²) in [5.41, 5.74) is 0. The molecule has 0 heterocycles. The van der Waals surface area contributed by atoms with E-state index in [0.717, 1.165) is 32.2 Å². The van der Waals surface area contributed by atoms with Gasteiger partial charge in [-0.2, -0.15) is 0 Å². The van der Waals surface area contributed by atoms with Crippen LogP contribution >= 0.6 is 11.6 Å². The van der Waals surface area contributed by atoms with Gasteiger partial charge in [0.15, 0.2) is 0 Å². The topological polar surface area (TPSA) is 58.2 Å². The van der Waals surface area contributed by atoms with Crippen molar-refractivity contribution in [1.29, 1.82) is 0 Å². The molecule has 0 aromatic rings. The third kappa shape index (κ3) is 11.2. The van der Waals surface area contributed by atoms with Gasteiger partial charge in [0.1, 0.15) is 0 Å². The Hall–Kier alpha value is -0.770. The molecule has 0 unspecified atom stereocenters. The highest BCUT2D eigenvalue weighted by Gasteiger charge is 2.00. The first-order valence-corrected chi connectivity index (χ1v) is 5.74. The Morgan fingerprint density at radius 1 is 1.07 bits per heavy atom. The molecule has 0 aliphatic rings. The number of amides is 2. The molecular formula is C10H19ClN2O2. The monoisotopic (exact) mass is 234 g/mol. The van der Waals surface area contributed by atoms with Gasteiger partial charge in [-0.1, -0.05) is 13.3 Å². The van der Waals surface area contributed by atoms with E-state index in [2.05, 4.69) is 17.6 Å². The van der Waals surface area contributed by atoms with Crippen LogP contribution in [0.1, 0.15) is 39.0 Å². The van der Waals surface area contributed by atoms with Crippen LogP contribution in [-0.2, 0) is 4.79 Å². The van der Waals surface area contributed by atoms with Crippen LogP contribution in [0.25, 0.3) is 0 Å². The van der Waals surface area contributed by atoms with E-state index in [0.29, 0.717) is 13.0 Å². The van der Waals surface area contributed by atoms with Crippen LogP contribution < -0.4 is 10.6 Å². The number of nitrogens with one attached hydrogen (secondary N) is 2. The second-order valence-corrected chi connectivity index (χ2v) is 3.70. The van der Waals surface area contributed by atoms with Crippen molar-refractivity contribution in [2.75, 3.05) is 13.1 Å². The summed E-state index contributed by atoms with van der Waals surface area (Å²) in [5, 5.41) is 4.76. The SMILES string of the molecule is CCCCNC(=O)CCCCNC(=O)Cl. The first-order valence-electron chi connectivity index (χ1n) is 5.36. The standard InChI is InChI=1S/C10H19ClN2O2/c1-2-3-7-12-9(14)6-4-5-8-13-10(11)15/h2-8H2,1H3,(H,12,14)(H,13,15). The van der Waals surface area contributed by atoms with E-state index in [9.17, 15) is 9.59 Å². The van der Waals surface area contributed by atoms with Gasteiger partial charge >= 0.3 is 5.37 Å². The number of rotatable bonds is 8. The van der Waals surface area contributed by atoms with Crippen molar-refractivity contribution in [1.82, 2.24) is 10.6 Å². The van der Waals surface area contributed by atoms with E-state index in [1.807, 2.05) is 0 Å². The van der Waals surface area contributed by atoms with E-state index in [1.54, 1.807) is 0 Å². The van der Waals surface area contributed by atoms with Gasteiger partial charge in [-0.15, -0.1) is 0 Å². The second kappa shape index (κ2) is 9.77. The first-order chi connectivity index (χ1) is 7.16. The summed E-state index contributed by atoms with van der Waals surface area (Å²) in [7, 11) is 0. The molecule has 0 bridgehead atoms. The zero-order valence-corrected chi connectivity index (χ0v) is 9.90. The van der Waals surface area contributed by atoms with Gasteiger partial charge in [-0.05, 0) is 30.9 Å². The average molecular weight is 235 g/mol. The molecule has 0 rings (SSSR count). The van der Waals surface area contributed by atoms with E-state index in [4.69, 9.17) is 11.6 Å². The second-order valence-electron chi connectivity index (χ2n) is 3.36. The van der Waals surface area contributed by atoms with Gasteiger partial charge in [0.05, 0.1) is 0 Å². The zero-order chi connectivity index (χ0) is 11.5. The molecule has 0 fully saturated rings. The lowest BCUT2D eigenvalue weighted by molar-refractivity contribution is -0.121. The highest BCUT2D eigenvalue weighted by atomic mass is 35.5. The Morgan fingerprint density at radius 2 is 1.73 bits per heavy atom. The minimum atomic E-state index is -0.539. The lowest BCUT2D eigenvalue weighted by Gasteiger charge is -2.04. The number of halogens is 1. The van der Waals surface area contributed by atoms with Crippen LogP contribution in [0, 0.1) is 0 Å². The van der Waals surface area contributed by atoms with Crippen molar-refractivity contribution >= 4 is 22.9 Å². The van der Waals surface area contributed by atoms with Gasteiger partial charge in [-0.3, -0.25) is 9.59 Å². The van der Waals surface area contributed by atoms with Crippen LogP contribution in [0.2, 0.25) is 0 Å². The highest BCUT2D eigenvalue weighted by Crippen LogP contribution is 1.95. The van der Waals surface area contributed by atoms with Crippen LogP contribution in [0.3, 0.4) is 0 Å². The largest absolute Gasteiger partial charge is 0.356 e. The summed E-state index contributed by atoms with van der Waals surface area (Å²) in [6.07, 6.45) is 4.17. The number of carbonyl (C=O) groups is 2. The summed E-state index contributed by atoms with van der Waals surface area (Å²) in [6.45, 7) is 3.37. The Kier molecular flexibility index (Phi) is 9.27. The van der Waals surface area contributed by atoms with Crippen LogP contribution in [-0.4, -0.2) is 24.4 Å². The minimum Gasteiger partial charge on any atom is -0.356 e. The molecule has 0 aromatic carbocycles. The minimum absolute atomic E-state index is 0.0839. The lowest BCUT2D eigenvalue weighted by atomic mass is 10.2. The van der Waals surface area contributed by atoms with Crippen LogP contribution in [0.5, 0.6) is 0 Å². The maximum Gasteiger partial charge on any atom is 0.313 e. The highest BCUT2D eigenvalue weighted by molar-refractivity contribution is 6.62. The summed E-state index contributed by atoms with van der Waals surface area (Å²) in [6, 6.07) is 0. The molecule has 2 N–H and O–H groups in total. The molecule has 0 radical (unpaired) electrons. The van der Waals surface area contributed by atoms with Crippen molar-refractivity contribution in [2.45, 2.75) is 39.0 Å². The molecule has 2 amide bonds. The van der Waals surface area contributed by atoms with E-state index in [1.165, 1.54) is 0 Å². The maximum atomic E-state index is 11.2. The van der Waals surface area contributed by atoms with Gasteiger partial charge < -0.3 is 10.6 Å².